The molecular weight excluding hydrogens is 200 g/mol. The third-order valence-corrected chi connectivity index (χ3v) is 3.67. The molecule has 1 saturated carbocycles. The van der Waals surface area contributed by atoms with Crippen LogP contribution in [0, 0.1) is 11.8 Å². The second-order valence-electron chi connectivity index (χ2n) is 5.39. The first-order chi connectivity index (χ1) is 7.59. The quantitative estimate of drug-likeness (QED) is 0.726. The molecule has 1 aliphatic rings. The molecule has 1 aliphatic carbocycles. The molecule has 1 unspecified atom stereocenters. The Kier molecular flexibility index (Phi) is 5.81. The zero-order valence-electron chi connectivity index (χ0n) is 10.9. The average Bonchev–Trinajstić information content (AvgIpc) is 2.75. The molecule has 0 aromatic rings. The minimum absolute atomic E-state index is 0.138. The normalized spacial score (nSPS) is 19.0. The van der Waals surface area contributed by atoms with Gasteiger partial charge in [0, 0.05) is 12.6 Å². The Morgan fingerprint density at radius 1 is 1.25 bits per heavy atom. The topological polar surface area (TPSA) is 41.1 Å². The van der Waals surface area contributed by atoms with Crippen molar-refractivity contribution in [1.29, 1.82) is 0 Å². The summed E-state index contributed by atoms with van der Waals surface area (Å²) in [5, 5.41) is 6.31. The third-order valence-electron chi connectivity index (χ3n) is 3.67. The van der Waals surface area contributed by atoms with Gasteiger partial charge < -0.3 is 10.6 Å². The standard InChI is InChI=1S/C13H26N2O/c1-10(2)11(3)8-15-13(16)9-14-12-6-4-5-7-12/h10-12,14H,4-9H2,1-3H3,(H,15,16). The van der Waals surface area contributed by atoms with Crippen LogP contribution < -0.4 is 10.6 Å². The van der Waals surface area contributed by atoms with E-state index in [1.807, 2.05) is 0 Å². The van der Waals surface area contributed by atoms with Crippen LogP contribution in [-0.4, -0.2) is 25.0 Å². The van der Waals surface area contributed by atoms with Gasteiger partial charge in [0.15, 0.2) is 0 Å². The van der Waals surface area contributed by atoms with Crippen LogP contribution in [0.3, 0.4) is 0 Å². The zero-order valence-corrected chi connectivity index (χ0v) is 10.9. The maximum absolute atomic E-state index is 11.6. The molecule has 0 saturated heterocycles. The minimum Gasteiger partial charge on any atom is -0.355 e. The molecule has 0 aromatic heterocycles. The number of amides is 1. The molecule has 0 aromatic carbocycles. The molecule has 2 N–H and O–H groups in total. The summed E-state index contributed by atoms with van der Waals surface area (Å²) in [5.74, 6) is 1.32. The van der Waals surface area contributed by atoms with E-state index in [0.29, 0.717) is 24.4 Å². The van der Waals surface area contributed by atoms with Crippen molar-refractivity contribution in [3.63, 3.8) is 0 Å². The molecule has 1 amide bonds. The fourth-order valence-electron chi connectivity index (χ4n) is 1.94. The van der Waals surface area contributed by atoms with E-state index >= 15 is 0 Å². The van der Waals surface area contributed by atoms with Crippen LogP contribution in [-0.2, 0) is 4.79 Å². The van der Waals surface area contributed by atoms with Crippen molar-refractivity contribution in [2.24, 2.45) is 11.8 Å². The van der Waals surface area contributed by atoms with Crippen molar-refractivity contribution in [3.05, 3.63) is 0 Å². The Morgan fingerprint density at radius 2 is 1.88 bits per heavy atom. The molecule has 0 aliphatic heterocycles. The summed E-state index contributed by atoms with van der Waals surface area (Å²) < 4.78 is 0. The van der Waals surface area contributed by atoms with Gasteiger partial charge in [-0.25, -0.2) is 0 Å². The first-order valence-corrected chi connectivity index (χ1v) is 6.59. The van der Waals surface area contributed by atoms with Crippen molar-refractivity contribution in [1.82, 2.24) is 10.6 Å². The van der Waals surface area contributed by atoms with Gasteiger partial charge in [0.2, 0.25) is 5.91 Å². The molecular formula is C13H26N2O. The maximum atomic E-state index is 11.6. The molecule has 3 heteroatoms. The highest BCUT2D eigenvalue weighted by molar-refractivity contribution is 5.78. The highest BCUT2D eigenvalue weighted by Gasteiger charge is 2.15. The van der Waals surface area contributed by atoms with E-state index in [9.17, 15) is 4.79 Å². The Morgan fingerprint density at radius 3 is 2.44 bits per heavy atom. The second-order valence-corrected chi connectivity index (χ2v) is 5.39. The van der Waals surface area contributed by atoms with Crippen LogP contribution in [0.4, 0.5) is 0 Å². The predicted molar refractivity (Wildman–Crippen MR) is 67.3 cm³/mol. The molecule has 0 spiro atoms. The smallest absolute Gasteiger partial charge is 0.233 e. The number of hydrogen-bond donors (Lipinski definition) is 2. The van der Waals surface area contributed by atoms with E-state index in [0.717, 1.165) is 6.54 Å². The van der Waals surface area contributed by atoms with E-state index < -0.39 is 0 Å². The lowest BCUT2D eigenvalue weighted by Crippen LogP contribution is -2.40. The Labute approximate surface area is 99.4 Å². The summed E-state index contributed by atoms with van der Waals surface area (Å²) in [7, 11) is 0. The molecule has 94 valence electrons. The summed E-state index contributed by atoms with van der Waals surface area (Å²) in [6.07, 6.45) is 5.08. The van der Waals surface area contributed by atoms with Crippen LogP contribution in [0.25, 0.3) is 0 Å². The fourth-order valence-corrected chi connectivity index (χ4v) is 1.94. The van der Waals surface area contributed by atoms with Gasteiger partial charge in [0.25, 0.3) is 0 Å². The van der Waals surface area contributed by atoms with Gasteiger partial charge in [-0.05, 0) is 24.7 Å². The van der Waals surface area contributed by atoms with E-state index in [2.05, 4.69) is 31.4 Å². The van der Waals surface area contributed by atoms with Crippen molar-refractivity contribution >= 4 is 5.91 Å². The lowest BCUT2D eigenvalue weighted by molar-refractivity contribution is -0.120. The molecule has 1 fully saturated rings. The lowest BCUT2D eigenvalue weighted by Gasteiger charge is -2.17. The van der Waals surface area contributed by atoms with Crippen LogP contribution in [0.15, 0.2) is 0 Å². The van der Waals surface area contributed by atoms with Crippen molar-refractivity contribution in [2.45, 2.75) is 52.5 Å². The SMILES string of the molecule is CC(C)C(C)CNC(=O)CNC1CCCC1. The molecule has 3 nitrogen and oxygen atoms in total. The van der Waals surface area contributed by atoms with Gasteiger partial charge >= 0.3 is 0 Å². The maximum Gasteiger partial charge on any atom is 0.233 e. The first kappa shape index (κ1) is 13.5. The van der Waals surface area contributed by atoms with Gasteiger partial charge in [0.1, 0.15) is 0 Å². The van der Waals surface area contributed by atoms with Gasteiger partial charge in [-0.15, -0.1) is 0 Å². The molecule has 0 bridgehead atoms. The van der Waals surface area contributed by atoms with Crippen molar-refractivity contribution in [3.8, 4) is 0 Å². The van der Waals surface area contributed by atoms with Crippen LogP contribution in [0.2, 0.25) is 0 Å². The lowest BCUT2D eigenvalue weighted by atomic mass is 9.98. The summed E-state index contributed by atoms with van der Waals surface area (Å²) in [5.41, 5.74) is 0. The van der Waals surface area contributed by atoms with E-state index in [1.54, 1.807) is 0 Å². The van der Waals surface area contributed by atoms with E-state index in [1.165, 1.54) is 25.7 Å². The van der Waals surface area contributed by atoms with E-state index in [-0.39, 0.29) is 5.91 Å². The average molecular weight is 226 g/mol. The van der Waals surface area contributed by atoms with Crippen molar-refractivity contribution in [2.75, 3.05) is 13.1 Å². The molecule has 16 heavy (non-hydrogen) atoms. The number of nitrogens with one attached hydrogen (secondary N) is 2. The van der Waals surface area contributed by atoms with Crippen LogP contribution >= 0.6 is 0 Å². The van der Waals surface area contributed by atoms with Gasteiger partial charge in [0.05, 0.1) is 6.54 Å². The first-order valence-electron chi connectivity index (χ1n) is 6.59. The minimum atomic E-state index is 0.138. The Balaban J connectivity index is 2.06. The number of carbonyl (C=O) groups is 1. The molecule has 0 heterocycles. The summed E-state index contributed by atoms with van der Waals surface area (Å²) in [6.45, 7) is 7.83. The highest BCUT2D eigenvalue weighted by Crippen LogP contribution is 2.17. The predicted octanol–water partition coefficient (Wildman–Crippen LogP) is 1.93. The highest BCUT2D eigenvalue weighted by atomic mass is 16.1. The summed E-state index contributed by atoms with van der Waals surface area (Å²) >= 11 is 0. The zero-order chi connectivity index (χ0) is 12.0. The Bertz CT molecular complexity index is 202. The number of hydrogen-bond acceptors (Lipinski definition) is 2. The monoisotopic (exact) mass is 226 g/mol. The molecule has 0 radical (unpaired) electrons. The van der Waals surface area contributed by atoms with E-state index in [4.69, 9.17) is 0 Å². The van der Waals surface area contributed by atoms with Crippen LogP contribution in [0.1, 0.15) is 46.5 Å². The summed E-state index contributed by atoms with van der Waals surface area (Å²) in [4.78, 5) is 11.6. The fraction of sp³-hybridized carbons (Fsp3) is 0.923. The van der Waals surface area contributed by atoms with Gasteiger partial charge in [-0.1, -0.05) is 33.6 Å². The largest absolute Gasteiger partial charge is 0.355 e. The van der Waals surface area contributed by atoms with Gasteiger partial charge in [-0.2, -0.15) is 0 Å². The second kappa shape index (κ2) is 6.89. The Hall–Kier alpha value is -0.570. The van der Waals surface area contributed by atoms with Gasteiger partial charge in [-0.3, -0.25) is 4.79 Å². The number of rotatable bonds is 6. The number of carbonyl (C=O) groups excluding carboxylic acids is 1. The molecule has 1 atom stereocenters. The van der Waals surface area contributed by atoms with Crippen molar-refractivity contribution < 1.29 is 4.79 Å². The van der Waals surface area contributed by atoms with Crippen LogP contribution in [0.5, 0.6) is 0 Å². The molecule has 1 rings (SSSR count). The third kappa shape index (κ3) is 4.97. The summed E-state index contributed by atoms with van der Waals surface area (Å²) in [6, 6.07) is 0.577.